The lowest BCUT2D eigenvalue weighted by atomic mass is 9.83. The highest BCUT2D eigenvalue weighted by molar-refractivity contribution is 6.36. The highest BCUT2D eigenvalue weighted by atomic mass is 35.5. The summed E-state index contributed by atoms with van der Waals surface area (Å²) >= 11 is 6.72. The Morgan fingerprint density at radius 3 is 2.65 bits per heavy atom. The van der Waals surface area contributed by atoms with Gasteiger partial charge < -0.3 is 14.8 Å². The lowest BCUT2D eigenvalue weighted by Gasteiger charge is -2.26. The number of aromatic nitrogens is 2. The van der Waals surface area contributed by atoms with Gasteiger partial charge in [0.1, 0.15) is 17.2 Å². The third kappa shape index (κ3) is 5.35. The molecule has 1 aromatic carbocycles. The first-order valence-electron chi connectivity index (χ1n) is 12.3. The second kappa shape index (κ2) is 10.1. The first-order valence-corrected chi connectivity index (χ1v) is 12.7. The molecule has 0 spiro atoms. The Balaban J connectivity index is 1.50. The number of nitrogens with one attached hydrogen (secondary N) is 1. The molecule has 1 N–H and O–H groups in total. The van der Waals surface area contributed by atoms with E-state index in [-0.39, 0.29) is 17.5 Å². The van der Waals surface area contributed by atoms with Gasteiger partial charge in [-0.05, 0) is 57.1 Å². The molecule has 4 rings (SSSR count). The molecule has 2 saturated carbocycles. The third-order valence-corrected chi connectivity index (χ3v) is 7.67. The number of hydrogen-bond acceptors (Lipinski definition) is 4. The fraction of sp³-hybridized carbons (Fsp3) is 0.615. The van der Waals surface area contributed by atoms with Gasteiger partial charge in [0.05, 0.1) is 24.4 Å². The van der Waals surface area contributed by atoms with Crippen LogP contribution in [0.5, 0.6) is 11.5 Å². The quantitative estimate of drug-likeness (QED) is 0.473. The molecule has 1 heterocycles. The van der Waals surface area contributed by atoms with Gasteiger partial charge in [0, 0.05) is 30.6 Å². The molecule has 2 atom stereocenters. The molecule has 2 aromatic rings. The van der Waals surface area contributed by atoms with E-state index in [2.05, 4.69) is 17.3 Å². The molecule has 0 radical (unpaired) electrons. The highest BCUT2D eigenvalue weighted by Gasteiger charge is 2.51. The van der Waals surface area contributed by atoms with Crippen molar-refractivity contribution >= 4 is 17.5 Å². The third-order valence-electron chi connectivity index (χ3n) is 7.31. The number of nitrogens with zero attached hydrogens (tertiary/aromatic N) is 2. The van der Waals surface area contributed by atoms with E-state index in [1.165, 1.54) is 12.8 Å². The summed E-state index contributed by atoms with van der Waals surface area (Å²) < 4.78 is 26.9. The lowest BCUT2D eigenvalue weighted by Crippen LogP contribution is -2.31. The second-order valence-corrected chi connectivity index (χ2v) is 10.4. The van der Waals surface area contributed by atoms with Gasteiger partial charge in [-0.3, -0.25) is 9.48 Å². The van der Waals surface area contributed by atoms with Crippen molar-refractivity contribution in [1.82, 2.24) is 15.1 Å². The zero-order valence-electron chi connectivity index (χ0n) is 20.5. The number of rotatable bonds is 9. The van der Waals surface area contributed by atoms with Crippen LogP contribution >= 0.6 is 11.6 Å². The number of benzene rings is 1. The number of ether oxygens (including phenoxy) is 2. The first-order chi connectivity index (χ1) is 16.2. The van der Waals surface area contributed by atoms with E-state index in [4.69, 9.17) is 21.1 Å². The Morgan fingerprint density at radius 2 is 2.03 bits per heavy atom. The van der Waals surface area contributed by atoms with Crippen molar-refractivity contribution < 1.29 is 18.7 Å². The van der Waals surface area contributed by atoms with E-state index in [1.54, 1.807) is 24.8 Å². The zero-order valence-corrected chi connectivity index (χ0v) is 21.3. The fourth-order valence-corrected chi connectivity index (χ4v) is 5.06. The Labute approximate surface area is 206 Å². The van der Waals surface area contributed by atoms with Crippen LogP contribution in [0.3, 0.4) is 0 Å². The number of methoxy groups -OCH3 is 1. The predicted molar refractivity (Wildman–Crippen MR) is 131 cm³/mol. The van der Waals surface area contributed by atoms with Crippen molar-refractivity contribution in [3.05, 3.63) is 28.9 Å². The zero-order chi connectivity index (χ0) is 24.5. The van der Waals surface area contributed by atoms with Gasteiger partial charge in [0.25, 0.3) is 5.91 Å². The molecule has 1 amide bonds. The molecular weight excluding hydrogens is 457 g/mol. The Bertz CT molecular complexity index is 1030. The van der Waals surface area contributed by atoms with Gasteiger partial charge in [-0.25, -0.2) is 4.39 Å². The van der Waals surface area contributed by atoms with E-state index < -0.39 is 5.67 Å². The molecule has 186 valence electrons. The van der Waals surface area contributed by atoms with Crippen molar-refractivity contribution in [2.24, 2.45) is 17.8 Å². The summed E-state index contributed by atoms with van der Waals surface area (Å²) in [5, 5.41) is 7.84. The summed E-state index contributed by atoms with van der Waals surface area (Å²) in [5.74, 6) is 2.10. The summed E-state index contributed by atoms with van der Waals surface area (Å²) in [6.07, 6.45) is 5.23. The van der Waals surface area contributed by atoms with Gasteiger partial charge >= 0.3 is 0 Å². The van der Waals surface area contributed by atoms with E-state index in [9.17, 15) is 9.18 Å². The topological polar surface area (TPSA) is 65.4 Å². The molecule has 2 fully saturated rings. The molecule has 0 saturated heterocycles. The number of aryl methyl sites for hydroxylation is 1. The number of carbonyl (C=O) groups is 1. The van der Waals surface area contributed by atoms with Gasteiger partial charge in [0.15, 0.2) is 5.69 Å². The summed E-state index contributed by atoms with van der Waals surface area (Å²) in [6.45, 7) is 7.35. The number of alkyl halides is 1. The summed E-state index contributed by atoms with van der Waals surface area (Å²) in [6, 6.07) is 5.42. The first kappa shape index (κ1) is 24.8. The number of hydrogen-bond donors (Lipinski definition) is 1. The molecule has 1 unspecified atom stereocenters. The number of carbonyl (C=O) groups excluding carboxylic acids is 1. The number of amides is 1. The summed E-state index contributed by atoms with van der Waals surface area (Å²) in [5.41, 5.74) is 0.442. The van der Waals surface area contributed by atoms with Crippen molar-refractivity contribution in [1.29, 1.82) is 0 Å². The Kier molecular flexibility index (Phi) is 7.41. The summed E-state index contributed by atoms with van der Waals surface area (Å²) in [4.78, 5) is 12.9. The standard InChI is InChI=1S/C26H35ClFN3O3/c1-5-31-24(20-11-10-19(12-21(20)33-4)34-15-18-13-26(18,3)28)22(27)23(30-31)25(32)29-14-17-8-6-16(2)7-9-17/h10-12,16-18H,5-9,13-15H2,1-4H3,(H,29,32)/t16?,17?,18-,26?/m0/s1. The van der Waals surface area contributed by atoms with Crippen molar-refractivity contribution in [3.8, 4) is 22.8 Å². The molecule has 34 heavy (non-hydrogen) atoms. The minimum absolute atomic E-state index is 0.0766. The van der Waals surface area contributed by atoms with Crippen LogP contribution in [0.25, 0.3) is 11.3 Å². The summed E-state index contributed by atoms with van der Waals surface area (Å²) in [7, 11) is 1.57. The van der Waals surface area contributed by atoms with Crippen LogP contribution < -0.4 is 14.8 Å². The fourth-order valence-electron chi connectivity index (χ4n) is 4.73. The maximum absolute atomic E-state index is 13.8. The largest absolute Gasteiger partial charge is 0.496 e. The molecule has 0 aliphatic heterocycles. The second-order valence-electron chi connectivity index (χ2n) is 10.0. The van der Waals surface area contributed by atoms with E-state index >= 15 is 0 Å². The van der Waals surface area contributed by atoms with Gasteiger partial charge in [-0.15, -0.1) is 0 Å². The molecule has 6 nitrogen and oxygen atoms in total. The van der Waals surface area contributed by atoms with Gasteiger partial charge in [-0.1, -0.05) is 31.4 Å². The molecular formula is C26H35ClFN3O3. The Morgan fingerprint density at radius 1 is 1.32 bits per heavy atom. The van der Waals surface area contributed by atoms with Crippen molar-refractivity contribution in [3.63, 3.8) is 0 Å². The van der Waals surface area contributed by atoms with Gasteiger partial charge in [-0.2, -0.15) is 5.10 Å². The molecule has 2 aliphatic carbocycles. The van der Waals surface area contributed by atoms with Gasteiger partial charge in [0.2, 0.25) is 0 Å². The van der Waals surface area contributed by atoms with Crippen LogP contribution in [0.4, 0.5) is 4.39 Å². The minimum atomic E-state index is -1.13. The number of halogens is 2. The van der Waals surface area contributed by atoms with Crippen LogP contribution in [-0.4, -0.2) is 41.6 Å². The molecule has 2 aliphatic rings. The van der Waals surface area contributed by atoms with E-state index in [0.717, 1.165) is 24.3 Å². The molecule has 0 bridgehead atoms. The normalized spacial score (nSPS) is 26.2. The van der Waals surface area contributed by atoms with Crippen LogP contribution in [0.2, 0.25) is 5.02 Å². The maximum atomic E-state index is 13.8. The predicted octanol–water partition coefficient (Wildman–Crippen LogP) is 5.92. The average Bonchev–Trinajstić information content (AvgIpc) is 3.30. The highest BCUT2D eigenvalue weighted by Crippen LogP contribution is 2.47. The smallest absolute Gasteiger partial charge is 0.273 e. The maximum Gasteiger partial charge on any atom is 0.273 e. The molecule has 8 heteroatoms. The van der Waals surface area contributed by atoms with Crippen LogP contribution in [-0.2, 0) is 6.54 Å². The minimum Gasteiger partial charge on any atom is -0.496 e. The monoisotopic (exact) mass is 491 g/mol. The average molecular weight is 492 g/mol. The molecule has 1 aromatic heterocycles. The van der Waals surface area contributed by atoms with E-state index in [0.29, 0.717) is 54.3 Å². The lowest BCUT2D eigenvalue weighted by molar-refractivity contribution is 0.0936. The van der Waals surface area contributed by atoms with Crippen LogP contribution in [0.1, 0.15) is 63.4 Å². The SMILES string of the molecule is CCn1nc(C(=O)NCC2CCC(C)CC2)c(Cl)c1-c1ccc(OC[C@@H]2CC2(C)F)cc1OC. The van der Waals surface area contributed by atoms with Crippen LogP contribution in [0.15, 0.2) is 18.2 Å². The van der Waals surface area contributed by atoms with Crippen molar-refractivity contribution in [2.45, 2.75) is 65.1 Å². The van der Waals surface area contributed by atoms with E-state index in [1.807, 2.05) is 19.1 Å². The van der Waals surface area contributed by atoms with Crippen molar-refractivity contribution in [2.75, 3.05) is 20.3 Å². The van der Waals surface area contributed by atoms with Crippen LogP contribution in [0, 0.1) is 17.8 Å². The Hall–Kier alpha value is -2.28.